The Morgan fingerprint density at radius 3 is 2.94 bits per heavy atom. The van der Waals surface area contributed by atoms with Gasteiger partial charge in [0, 0.05) is 6.54 Å². The second-order valence-corrected chi connectivity index (χ2v) is 4.69. The zero-order valence-corrected chi connectivity index (χ0v) is 10.1. The van der Waals surface area contributed by atoms with Crippen LogP contribution in [0.15, 0.2) is 11.0 Å². The molecule has 1 aliphatic rings. The van der Waals surface area contributed by atoms with Crippen molar-refractivity contribution in [1.82, 2.24) is 14.8 Å². The number of aryl methyl sites for hydroxylation is 1. The highest BCUT2D eigenvalue weighted by Crippen LogP contribution is 2.33. The number of unbranched alkanes of at least 4 members (excludes halogenated alkanes) is 2. The van der Waals surface area contributed by atoms with Crippen molar-refractivity contribution in [2.24, 2.45) is 11.7 Å². The molecule has 0 radical (unpaired) electrons. The lowest BCUT2D eigenvalue weighted by atomic mass is 10.1. The van der Waals surface area contributed by atoms with Gasteiger partial charge >= 0.3 is 5.69 Å². The van der Waals surface area contributed by atoms with Crippen molar-refractivity contribution in [3.63, 3.8) is 0 Å². The first-order valence-electron chi connectivity index (χ1n) is 6.35. The highest BCUT2D eigenvalue weighted by atomic mass is 16.1. The standard InChI is InChI=1S/C12H20N4O/c13-8-7-11-14-12(17)16(15-11)9-3-1-2-4-10-5-6-10/h7-8,10H,1-6,9,13H2,(H,14,15,17). The Balaban J connectivity index is 1.71. The van der Waals surface area contributed by atoms with Gasteiger partial charge in [-0.3, -0.25) is 4.98 Å². The molecular weight excluding hydrogens is 216 g/mol. The molecule has 1 aromatic rings. The monoisotopic (exact) mass is 236 g/mol. The van der Waals surface area contributed by atoms with E-state index in [2.05, 4.69) is 10.1 Å². The maximum Gasteiger partial charge on any atom is 0.343 e. The molecule has 0 amide bonds. The Morgan fingerprint density at radius 2 is 2.24 bits per heavy atom. The fourth-order valence-electron chi connectivity index (χ4n) is 1.97. The van der Waals surface area contributed by atoms with E-state index in [0.717, 1.165) is 12.3 Å². The molecule has 0 bridgehead atoms. The molecule has 2 rings (SSSR count). The van der Waals surface area contributed by atoms with Gasteiger partial charge in [-0.25, -0.2) is 9.48 Å². The molecule has 0 saturated heterocycles. The normalized spacial score (nSPS) is 15.8. The number of rotatable bonds is 7. The summed E-state index contributed by atoms with van der Waals surface area (Å²) in [5.41, 5.74) is 5.09. The Hall–Kier alpha value is -1.52. The van der Waals surface area contributed by atoms with E-state index in [1.54, 1.807) is 6.08 Å². The first kappa shape index (κ1) is 12.0. The van der Waals surface area contributed by atoms with Crippen LogP contribution in [-0.4, -0.2) is 14.8 Å². The number of aromatic amines is 1. The third-order valence-corrected chi connectivity index (χ3v) is 3.13. The molecule has 1 fully saturated rings. The smallest absolute Gasteiger partial charge is 0.343 e. The summed E-state index contributed by atoms with van der Waals surface area (Å²) in [7, 11) is 0. The molecule has 5 heteroatoms. The Bertz CT molecular complexity index is 428. The van der Waals surface area contributed by atoms with Gasteiger partial charge in [0.05, 0.1) is 0 Å². The van der Waals surface area contributed by atoms with Crippen LogP contribution in [0.3, 0.4) is 0 Å². The summed E-state index contributed by atoms with van der Waals surface area (Å²) in [6.07, 6.45) is 10.6. The molecule has 1 aromatic heterocycles. The van der Waals surface area contributed by atoms with Crippen molar-refractivity contribution in [2.45, 2.75) is 45.1 Å². The van der Waals surface area contributed by atoms with Crippen LogP contribution in [0, 0.1) is 5.92 Å². The van der Waals surface area contributed by atoms with E-state index < -0.39 is 0 Å². The maximum atomic E-state index is 11.5. The first-order chi connectivity index (χ1) is 8.29. The minimum Gasteiger partial charge on any atom is -0.404 e. The first-order valence-corrected chi connectivity index (χ1v) is 6.35. The largest absolute Gasteiger partial charge is 0.404 e. The van der Waals surface area contributed by atoms with Crippen molar-refractivity contribution >= 4 is 6.08 Å². The quantitative estimate of drug-likeness (QED) is 0.704. The topological polar surface area (TPSA) is 76.7 Å². The predicted octanol–water partition coefficient (Wildman–Crippen LogP) is 1.47. The molecule has 3 N–H and O–H groups in total. The van der Waals surface area contributed by atoms with Gasteiger partial charge in [-0.15, -0.1) is 0 Å². The van der Waals surface area contributed by atoms with Crippen molar-refractivity contribution in [2.75, 3.05) is 0 Å². The van der Waals surface area contributed by atoms with Crippen LogP contribution in [-0.2, 0) is 6.54 Å². The van der Waals surface area contributed by atoms with Gasteiger partial charge in [0.2, 0.25) is 0 Å². The number of nitrogens with two attached hydrogens (primary N) is 1. The molecule has 1 saturated carbocycles. The van der Waals surface area contributed by atoms with Crippen LogP contribution < -0.4 is 11.4 Å². The van der Waals surface area contributed by atoms with Crippen LogP contribution in [0.4, 0.5) is 0 Å². The molecule has 0 spiro atoms. The van der Waals surface area contributed by atoms with Crippen molar-refractivity contribution in [3.8, 4) is 0 Å². The van der Waals surface area contributed by atoms with Crippen molar-refractivity contribution in [1.29, 1.82) is 0 Å². The van der Waals surface area contributed by atoms with E-state index in [4.69, 9.17) is 5.73 Å². The van der Waals surface area contributed by atoms with Gasteiger partial charge in [0.1, 0.15) is 0 Å². The van der Waals surface area contributed by atoms with Crippen LogP contribution in [0.5, 0.6) is 0 Å². The summed E-state index contributed by atoms with van der Waals surface area (Å²) in [6.45, 7) is 0.693. The van der Waals surface area contributed by atoms with Crippen LogP contribution in [0.2, 0.25) is 0 Å². The molecule has 1 aliphatic carbocycles. The summed E-state index contributed by atoms with van der Waals surface area (Å²) in [4.78, 5) is 14.1. The van der Waals surface area contributed by atoms with Crippen LogP contribution in [0.25, 0.3) is 6.08 Å². The van der Waals surface area contributed by atoms with Crippen molar-refractivity contribution in [3.05, 3.63) is 22.5 Å². The maximum absolute atomic E-state index is 11.5. The number of nitrogens with one attached hydrogen (secondary N) is 1. The average Bonchev–Trinajstić information content (AvgIpc) is 3.05. The minimum atomic E-state index is -0.153. The molecule has 1 heterocycles. The minimum absolute atomic E-state index is 0.153. The summed E-state index contributed by atoms with van der Waals surface area (Å²) in [5.74, 6) is 1.53. The van der Waals surface area contributed by atoms with Gasteiger partial charge in [-0.1, -0.05) is 32.1 Å². The van der Waals surface area contributed by atoms with Gasteiger partial charge in [0.25, 0.3) is 0 Å². The Labute approximate surface area is 101 Å². The summed E-state index contributed by atoms with van der Waals surface area (Å²) < 4.78 is 1.48. The summed E-state index contributed by atoms with van der Waals surface area (Å²) >= 11 is 0. The van der Waals surface area contributed by atoms with Crippen LogP contribution in [0.1, 0.15) is 44.3 Å². The second-order valence-electron chi connectivity index (χ2n) is 4.69. The van der Waals surface area contributed by atoms with Gasteiger partial charge < -0.3 is 5.73 Å². The van der Waals surface area contributed by atoms with E-state index >= 15 is 0 Å². The fourth-order valence-corrected chi connectivity index (χ4v) is 1.97. The van der Waals surface area contributed by atoms with E-state index in [-0.39, 0.29) is 5.69 Å². The van der Waals surface area contributed by atoms with E-state index in [0.29, 0.717) is 12.4 Å². The lowest BCUT2D eigenvalue weighted by molar-refractivity contribution is 0.513. The highest BCUT2D eigenvalue weighted by molar-refractivity contribution is 5.37. The number of hydrogen-bond acceptors (Lipinski definition) is 3. The lowest BCUT2D eigenvalue weighted by Gasteiger charge is -1.99. The fraction of sp³-hybridized carbons (Fsp3) is 0.667. The molecular formula is C12H20N4O. The van der Waals surface area contributed by atoms with Gasteiger partial charge in [-0.05, 0) is 24.6 Å². The second kappa shape index (κ2) is 5.70. The summed E-state index contributed by atoms with van der Waals surface area (Å²) in [5, 5.41) is 4.13. The average molecular weight is 236 g/mol. The molecule has 0 unspecified atom stereocenters. The Morgan fingerprint density at radius 1 is 1.41 bits per heavy atom. The van der Waals surface area contributed by atoms with E-state index in [9.17, 15) is 4.79 Å². The molecule has 94 valence electrons. The zero-order chi connectivity index (χ0) is 12.1. The van der Waals surface area contributed by atoms with Crippen LogP contribution >= 0.6 is 0 Å². The molecule has 0 aliphatic heterocycles. The van der Waals surface area contributed by atoms with Crippen molar-refractivity contribution < 1.29 is 0 Å². The number of hydrogen-bond donors (Lipinski definition) is 2. The molecule has 0 atom stereocenters. The van der Waals surface area contributed by atoms with E-state index in [1.165, 1.54) is 43.0 Å². The predicted molar refractivity (Wildman–Crippen MR) is 67.3 cm³/mol. The SMILES string of the molecule is NC=Cc1nn(CCCCCC2CC2)c(=O)[nH]1. The van der Waals surface area contributed by atoms with E-state index in [1.807, 2.05) is 0 Å². The molecule has 17 heavy (non-hydrogen) atoms. The lowest BCUT2D eigenvalue weighted by Crippen LogP contribution is -2.18. The van der Waals surface area contributed by atoms with Gasteiger partial charge in [0.15, 0.2) is 5.82 Å². The third kappa shape index (κ3) is 3.76. The number of H-pyrrole nitrogens is 1. The molecule has 5 nitrogen and oxygen atoms in total. The zero-order valence-electron chi connectivity index (χ0n) is 10.1. The number of aromatic nitrogens is 3. The highest BCUT2D eigenvalue weighted by Gasteiger charge is 2.19. The number of nitrogens with zero attached hydrogens (tertiary/aromatic N) is 2. The summed E-state index contributed by atoms with van der Waals surface area (Å²) in [6, 6.07) is 0. The third-order valence-electron chi connectivity index (χ3n) is 3.13. The molecule has 0 aromatic carbocycles. The Kier molecular flexibility index (Phi) is 4.01. The van der Waals surface area contributed by atoms with Gasteiger partial charge in [-0.2, -0.15) is 5.10 Å².